The zero-order valence-corrected chi connectivity index (χ0v) is 16.3. The van der Waals surface area contributed by atoms with Crippen LogP contribution in [0.5, 0.6) is 17.2 Å². The van der Waals surface area contributed by atoms with E-state index in [-0.39, 0.29) is 5.37 Å². The number of ether oxygens (including phenoxy) is 3. The van der Waals surface area contributed by atoms with Crippen molar-refractivity contribution in [2.24, 2.45) is 0 Å². The molecular formula is C19H20ClNO5S. The summed E-state index contributed by atoms with van der Waals surface area (Å²) in [6.45, 7) is 0.698. The highest BCUT2D eigenvalue weighted by Gasteiger charge is 2.32. The van der Waals surface area contributed by atoms with Crippen LogP contribution in [-0.2, 0) is 4.79 Å². The highest BCUT2D eigenvalue weighted by molar-refractivity contribution is 7.99. The first-order valence-corrected chi connectivity index (χ1v) is 9.79. The second-order valence-corrected chi connectivity index (χ2v) is 7.40. The number of nitrogens with one attached hydrogen (secondary N) is 1. The van der Waals surface area contributed by atoms with Crippen molar-refractivity contribution in [1.29, 1.82) is 0 Å². The van der Waals surface area contributed by atoms with E-state index in [0.29, 0.717) is 35.5 Å². The molecule has 2 aromatic rings. The average Bonchev–Trinajstić information content (AvgIpc) is 3.16. The van der Waals surface area contributed by atoms with Crippen LogP contribution in [-0.4, -0.2) is 43.2 Å². The summed E-state index contributed by atoms with van der Waals surface area (Å²) < 4.78 is 16.7. The van der Waals surface area contributed by atoms with E-state index in [4.69, 9.17) is 30.9 Å². The summed E-state index contributed by atoms with van der Waals surface area (Å²) in [6.07, 6.45) is 0. The second kappa shape index (κ2) is 9.21. The van der Waals surface area contributed by atoms with Gasteiger partial charge in [-0.3, -0.25) is 10.1 Å². The third-order valence-corrected chi connectivity index (χ3v) is 5.47. The van der Waals surface area contributed by atoms with Gasteiger partial charge in [0.05, 0.1) is 12.5 Å². The fraction of sp³-hybridized carbons (Fsp3) is 0.316. The molecule has 3 rings (SSSR count). The summed E-state index contributed by atoms with van der Waals surface area (Å²) in [5.41, 5.74) is 0.831. The summed E-state index contributed by atoms with van der Waals surface area (Å²) in [4.78, 5) is 11.2. The Morgan fingerprint density at radius 1 is 1.22 bits per heavy atom. The Balaban J connectivity index is 1.59. The number of benzene rings is 2. The largest absolute Gasteiger partial charge is 0.497 e. The molecule has 1 saturated heterocycles. The maximum Gasteiger partial charge on any atom is 0.321 e. The Hall–Kier alpha value is -2.09. The van der Waals surface area contributed by atoms with E-state index in [1.165, 1.54) is 11.8 Å². The van der Waals surface area contributed by atoms with E-state index < -0.39 is 12.0 Å². The fourth-order valence-corrected chi connectivity index (χ4v) is 4.08. The number of carboxylic acids is 1. The first-order chi connectivity index (χ1) is 13.1. The number of carbonyl (C=O) groups is 1. The predicted molar refractivity (Wildman–Crippen MR) is 105 cm³/mol. The number of hydrogen-bond donors (Lipinski definition) is 2. The number of methoxy groups -OCH3 is 1. The molecule has 8 heteroatoms. The normalized spacial score (nSPS) is 18.9. The standard InChI is InChI=1S/C19H20ClNO5S/c1-24-13-3-2-4-14(10-13)25-7-8-26-17-6-5-12(20)9-15(17)18-21-16(11-27-18)19(22)23/h2-6,9-10,16,18,21H,7-8,11H2,1H3,(H,22,23). The van der Waals surface area contributed by atoms with Gasteiger partial charge in [0.2, 0.25) is 0 Å². The molecule has 2 N–H and O–H groups in total. The molecule has 1 heterocycles. The summed E-state index contributed by atoms with van der Waals surface area (Å²) in [7, 11) is 1.61. The van der Waals surface area contributed by atoms with Crippen LogP contribution >= 0.6 is 23.4 Å². The Kier molecular flexibility index (Phi) is 6.71. The Morgan fingerprint density at radius 2 is 2.00 bits per heavy atom. The van der Waals surface area contributed by atoms with Crippen molar-refractivity contribution in [3.8, 4) is 17.2 Å². The van der Waals surface area contributed by atoms with Crippen LogP contribution in [0.2, 0.25) is 5.02 Å². The zero-order valence-electron chi connectivity index (χ0n) is 14.7. The monoisotopic (exact) mass is 409 g/mol. The van der Waals surface area contributed by atoms with Crippen molar-refractivity contribution < 1.29 is 24.1 Å². The lowest BCUT2D eigenvalue weighted by Crippen LogP contribution is -2.33. The van der Waals surface area contributed by atoms with Gasteiger partial charge in [-0.2, -0.15) is 0 Å². The predicted octanol–water partition coefficient (Wildman–Crippen LogP) is 3.59. The average molecular weight is 410 g/mol. The van der Waals surface area contributed by atoms with Gasteiger partial charge >= 0.3 is 5.97 Å². The minimum absolute atomic E-state index is 0.181. The van der Waals surface area contributed by atoms with E-state index in [2.05, 4.69) is 5.32 Å². The van der Waals surface area contributed by atoms with Crippen LogP contribution in [0, 0.1) is 0 Å². The van der Waals surface area contributed by atoms with Gasteiger partial charge in [-0.05, 0) is 30.3 Å². The number of thioether (sulfide) groups is 1. The number of rotatable bonds is 8. The van der Waals surface area contributed by atoms with Gasteiger partial charge in [-0.15, -0.1) is 11.8 Å². The number of carboxylic acid groups (broad SMARTS) is 1. The molecule has 0 saturated carbocycles. The lowest BCUT2D eigenvalue weighted by molar-refractivity contribution is -0.138. The van der Waals surface area contributed by atoms with Crippen molar-refractivity contribution in [2.75, 3.05) is 26.1 Å². The first kappa shape index (κ1) is 19.7. The molecular weight excluding hydrogens is 390 g/mol. The molecule has 0 bridgehead atoms. The van der Waals surface area contributed by atoms with Crippen LogP contribution in [0.3, 0.4) is 0 Å². The zero-order chi connectivity index (χ0) is 19.2. The van der Waals surface area contributed by atoms with Gasteiger partial charge in [-0.25, -0.2) is 0 Å². The van der Waals surface area contributed by atoms with Crippen molar-refractivity contribution in [3.63, 3.8) is 0 Å². The molecule has 1 aliphatic rings. The molecule has 0 aromatic heterocycles. The van der Waals surface area contributed by atoms with Gasteiger partial charge in [-0.1, -0.05) is 17.7 Å². The molecule has 27 heavy (non-hydrogen) atoms. The fourth-order valence-electron chi connectivity index (χ4n) is 2.65. The summed E-state index contributed by atoms with van der Waals surface area (Å²) >= 11 is 7.64. The van der Waals surface area contributed by atoms with E-state index in [9.17, 15) is 4.79 Å². The van der Waals surface area contributed by atoms with Gasteiger partial charge in [0, 0.05) is 22.4 Å². The Labute approximate surface area is 166 Å². The van der Waals surface area contributed by atoms with Crippen LogP contribution in [0.15, 0.2) is 42.5 Å². The minimum atomic E-state index is -0.860. The van der Waals surface area contributed by atoms with E-state index in [1.54, 1.807) is 31.4 Å². The van der Waals surface area contributed by atoms with Crippen LogP contribution in [0.4, 0.5) is 0 Å². The van der Waals surface area contributed by atoms with Crippen molar-refractivity contribution >= 4 is 29.3 Å². The van der Waals surface area contributed by atoms with Gasteiger partial charge in [0.1, 0.15) is 36.5 Å². The van der Waals surface area contributed by atoms with Crippen molar-refractivity contribution in [1.82, 2.24) is 5.32 Å². The third kappa shape index (κ3) is 5.22. The molecule has 1 aliphatic heterocycles. The summed E-state index contributed by atoms with van der Waals surface area (Å²) in [6, 6.07) is 12.1. The molecule has 0 amide bonds. The summed E-state index contributed by atoms with van der Waals surface area (Å²) in [5, 5.41) is 12.6. The topological polar surface area (TPSA) is 77.0 Å². The highest BCUT2D eigenvalue weighted by Crippen LogP contribution is 2.39. The van der Waals surface area contributed by atoms with Crippen molar-refractivity contribution in [3.05, 3.63) is 53.1 Å². The quantitative estimate of drug-likeness (QED) is 0.645. The molecule has 2 atom stereocenters. The Bertz CT molecular complexity index is 803. The van der Waals surface area contributed by atoms with E-state index >= 15 is 0 Å². The first-order valence-electron chi connectivity index (χ1n) is 8.36. The molecule has 1 fully saturated rings. The minimum Gasteiger partial charge on any atom is -0.497 e. The van der Waals surface area contributed by atoms with Crippen molar-refractivity contribution in [2.45, 2.75) is 11.4 Å². The maximum atomic E-state index is 11.2. The SMILES string of the molecule is COc1cccc(OCCOc2ccc(Cl)cc2C2NC(C(=O)O)CS2)c1. The van der Waals surface area contributed by atoms with E-state index in [0.717, 1.165) is 11.3 Å². The lowest BCUT2D eigenvalue weighted by Gasteiger charge is -2.17. The van der Waals surface area contributed by atoms with Crippen LogP contribution < -0.4 is 19.5 Å². The van der Waals surface area contributed by atoms with Gasteiger partial charge in [0.25, 0.3) is 0 Å². The van der Waals surface area contributed by atoms with Crippen LogP contribution in [0.25, 0.3) is 0 Å². The molecule has 0 radical (unpaired) electrons. The number of hydrogen-bond acceptors (Lipinski definition) is 6. The Morgan fingerprint density at radius 3 is 2.74 bits per heavy atom. The molecule has 144 valence electrons. The van der Waals surface area contributed by atoms with Crippen LogP contribution in [0.1, 0.15) is 10.9 Å². The number of halogens is 1. The molecule has 6 nitrogen and oxygen atoms in total. The molecule has 0 spiro atoms. The van der Waals surface area contributed by atoms with Gasteiger partial charge < -0.3 is 19.3 Å². The second-order valence-electron chi connectivity index (χ2n) is 5.83. The van der Waals surface area contributed by atoms with E-state index in [1.807, 2.05) is 18.2 Å². The maximum absolute atomic E-state index is 11.2. The smallest absolute Gasteiger partial charge is 0.321 e. The van der Waals surface area contributed by atoms with Gasteiger partial charge in [0.15, 0.2) is 0 Å². The highest BCUT2D eigenvalue weighted by atomic mass is 35.5. The molecule has 2 aromatic carbocycles. The summed E-state index contributed by atoms with van der Waals surface area (Å²) in [5.74, 6) is 1.72. The molecule has 2 unspecified atom stereocenters. The number of aliphatic carboxylic acids is 1. The molecule has 0 aliphatic carbocycles. The third-order valence-electron chi connectivity index (χ3n) is 3.99. The lowest BCUT2D eigenvalue weighted by atomic mass is 10.2.